The van der Waals surface area contributed by atoms with E-state index < -0.39 is 41.8 Å². The van der Waals surface area contributed by atoms with E-state index in [0.717, 1.165) is 0 Å². The van der Waals surface area contributed by atoms with E-state index in [2.05, 4.69) is 20.3 Å². The van der Waals surface area contributed by atoms with Crippen molar-refractivity contribution in [3.05, 3.63) is 32.6 Å². The highest BCUT2D eigenvalue weighted by atomic mass is 16.3. The first kappa shape index (κ1) is 14.0. The Balaban J connectivity index is 2.21. The van der Waals surface area contributed by atoms with Gasteiger partial charge in [0.05, 0.1) is 18.2 Å². The molecule has 0 saturated carbocycles. The van der Waals surface area contributed by atoms with Crippen LogP contribution in [0, 0.1) is 0 Å². The summed E-state index contributed by atoms with van der Waals surface area (Å²) >= 11 is 0. The third-order valence-corrected chi connectivity index (χ3v) is 3.84. The molecule has 0 spiro atoms. The summed E-state index contributed by atoms with van der Waals surface area (Å²) < 4.78 is 0. The van der Waals surface area contributed by atoms with Gasteiger partial charge in [-0.1, -0.05) is 0 Å². The number of nitrogens with one attached hydrogen (secondary N) is 4. The van der Waals surface area contributed by atoms with Crippen molar-refractivity contribution in [3.63, 3.8) is 0 Å². The fourth-order valence-corrected chi connectivity index (χ4v) is 2.73. The van der Waals surface area contributed by atoms with E-state index in [1.807, 2.05) is 0 Å². The first-order valence-electron chi connectivity index (χ1n) is 6.26. The smallest absolute Gasteiger partial charge is 0.326 e. The van der Waals surface area contributed by atoms with Crippen LogP contribution >= 0.6 is 0 Å². The van der Waals surface area contributed by atoms with Crippen molar-refractivity contribution < 1.29 is 15.3 Å². The van der Waals surface area contributed by atoms with E-state index in [4.69, 9.17) is 5.73 Å². The number of rotatable bonds is 2. The van der Waals surface area contributed by atoms with Gasteiger partial charge in [0.1, 0.15) is 23.4 Å². The van der Waals surface area contributed by atoms with Crippen LogP contribution in [0.3, 0.4) is 0 Å². The molecule has 0 unspecified atom stereocenters. The summed E-state index contributed by atoms with van der Waals surface area (Å²) in [5.74, 6) is 0. The summed E-state index contributed by atoms with van der Waals surface area (Å²) in [7, 11) is 0. The van der Waals surface area contributed by atoms with Gasteiger partial charge in [0.15, 0.2) is 0 Å². The Bertz CT molecular complexity index is 794. The Morgan fingerprint density at radius 3 is 2.57 bits per heavy atom. The molecule has 2 aromatic rings. The highest BCUT2D eigenvalue weighted by molar-refractivity contribution is 5.79. The largest absolute Gasteiger partial charge is 0.395 e. The number of aliphatic hydroxyl groups excluding tert-OH is 3. The molecule has 1 aliphatic rings. The van der Waals surface area contributed by atoms with Crippen LogP contribution in [0.1, 0.15) is 5.56 Å². The fraction of sp³-hybridized carbons (Fsp3) is 0.455. The predicted molar refractivity (Wildman–Crippen MR) is 71.4 cm³/mol. The van der Waals surface area contributed by atoms with Crippen LogP contribution in [0.15, 0.2) is 15.8 Å². The number of hydrogen-bond acceptors (Lipinski definition) is 7. The molecular weight excluding hydrogens is 282 g/mol. The molecule has 21 heavy (non-hydrogen) atoms. The van der Waals surface area contributed by atoms with Gasteiger partial charge in [-0.15, -0.1) is 0 Å². The van der Waals surface area contributed by atoms with Crippen molar-refractivity contribution in [1.82, 2.24) is 20.3 Å². The van der Waals surface area contributed by atoms with E-state index in [0.29, 0.717) is 0 Å². The summed E-state index contributed by atoms with van der Waals surface area (Å²) in [5, 5.41) is 31.9. The lowest BCUT2D eigenvalue weighted by Gasteiger charge is -2.28. The summed E-state index contributed by atoms with van der Waals surface area (Å²) in [5.41, 5.74) is 3.56. The second kappa shape index (κ2) is 4.51. The minimum atomic E-state index is -1.62. The molecule has 1 fully saturated rings. The minimum absolute atomic E-state index is 0.0883. The maximum atomic E-state index is 11.7. The van der Waals surface area contributed by atoms with Crippen LogP contribution in [0.2, 0.25) is 0 Å². The van der Waals surface area contributed by atoms with Crippen molar-refractivity contribution in [2.45, 2.75) is 23.9 Å². The van der Waals surface area contributed by atoms with E-state index >= 15 is 0 Å². The second-order valence-corrected chi connectivity index (χ2v) is 5.10. The van der Waals surface area contributed by atoms with Gasteiger partial charge in [-0.05, 0) is 0 Å². The lowest BCUT2D eigenvalue weighted by atomic mass is 9.96. The Hall–Kier alpha value is -1.98. The standard InChI is InChI=1S/C11H15N5O5/c12-11(8(19)7(18)4(2-17)16-11)3-1-13-6-5(3)14-10(21)15-9(6)20/h1,4,7-8,13,16-19H,2,12H2,(H2,14,15,20,21)/t4-,7-,8-,11+/m1/s1. The SMILES string of the molecule is N[C@@]1(c2c[nH]c3c(=O)[nH]c(=O)[nH]c23)N[C@H](CO)[C@@H](O)[C@H]1O. The molecule has 114 valence electrons. The molecule has 1 saturated heterocycles. The number of aromatic amines is 3. The maximum Gasteiger partial charge on any atom is 0.326 e. The van der Waals surface area contributed by atoms with Gasteiger partial charge in [-0.25, -0.2) is 4.79 Å². The first-order chi connectivity index (χ1) is 9.88. The zero-order valence-corrected chi connectivity index (χ0v) is 10.8. The highest BCUT2D eigenvalue weighted by Gasteiger charge is 2.52. The Morgan fingerprint density at radius 1 is 1.24 bits per heavy atom. The number of fused-ring (bicyclic) bond motifs is 1. The third kappa shape index (κ3) is 1.85. The predicted octanol–water partition coefficient (Wildman–Crippen LogP) is -3.66. The van der Waals surface area contributed by atoms with Crippen LogP contribution in [-0.4, -0.2) is 55.1 Å². The lowest BCUT2D eigenvalue weighted by molar-refractivity contribution is -0.000629. The van der Waals surface area contributed by atoms with Crippen molar-refractivity contribution in [3.8, 4) is 0 Å². The normalized spacial score (nSPS) is 32.9. The van der Waals surface area contributed by atoms with Gasteiger partial charge < -0.3 is 31.0 Å². The van der Waals surface area contributed by atoms with Crippen molar-refractivity contribution >= 4 is 11.0 Å². The number of H-pyrrole nitrogens is 3. The number of nitrogens with two attached hydrogens (primary N) is 1. The fourth-order valence-electron chi connectivity index (χ4n) is 2.73. The van der Waals surface area contributed by atoms with Gasteiger partial charge >= 0.3 is 5.69 Å². The molecule has 0 radical (unpaired) electrons. The van der Waals surface area contributed by atoms with E-state index in [1.165, 1.54) is 6.20 Å². The summed E-state index contributed by atoms with van der Waals surface area (Å²) in [4.78, 5) is 30.2. The van der Waals surface area contributed by atoms with Gasteiger partial charge in [0, 0.05) is 11.8 Å². The topological polar surface area (TPSA) is 180 Å². The molecule has 4 atom stereocenters. The average molecular weight is 297 g/mol. The number of aromatic nitrogens is 3. The molecule has 3 heterocycles. The van der Waals surface area contributed by atoms with Crippen LogP contribution in [0.5, 0.6) is 0 Å². The van der Waals surface area contributed by atoms with Crippen molar-refractivity contribution in [1.29, 1.82) is 0 Å². The molecule has 2 aromatic heterocycles. The van der Waals surface area contributed by atoms with Gasteiger partial charge in [0.2, 0.25) is 0 Å². The number of hydrogen-bond donors (Lipinski definition) is 8. The highest BCUT2D eigenvalue weighted by Crippen LogP contribution is 2.32. The van der Waals surface area contributed by atoms with Crippen LogP contribution in [0.4, 0.5) is 0 Å². The molecule has 3 rings (SSSR count). The average Bonchev–Trinajstić information content (AvgIpc) is 2.95. The van der Waals surface area contributed by atoms with E-state index in [-0.39, 0.29) is 16.6 Å². The van der Waals surface area contributed by atoms with Crippen LogP contribution in [-0.2, 0) is 5.66 Å². The van der Waals surface area contributed by atoms with Crippen molar-refractivity contribution in [2.75, 3.05) is 6.61 Å². The van der Waals surface area contributed by atoms with Crippen molar-refractivity contribution in [2.24, 2.45) is 5.73 Å². The molecule has 0 amide bonds. The van der Waals surface area contributed by atoms with Gasteiger partial charge in [-0.2, -0.15) is 0 Å². The Labute approximate surface area is 116 Å². The Morgan fingerprint density at radius 2 is 1.95 bits per heavy atom. The molecule has 9 N–H and O–H groups in total. The summed E-state index contributed by atoms with van der Waals surface area (Å²) in [6.07, 6.45) is -1.37. The maximum absolute atomic E-state index is 11.7. The number of aliphatic hydroxyl groups is 3. The molecule has 1 aliphatic heterocycles. The molecule has 0 aromatic carbocycles. The zero-order valence-electron chi connectivity index (χ0n) is 10.8. The second-order valence-electron chi connectivity index (χ2n) is 5.10. The summed E-state index contributed by atoms with van der Waals surface area (Å²) in [6, 6.07) is -0.830. The van der Waals surface area contributed by atoms with E-state index in [1.54, 1.807) is 0 Å². The quantitative estimate of drug-likeness (QED) is 0.281. The molecule has 0 bridgehead atoms. The molecule has 10 heteroatoms. The molecular formula is C11H15N5O5. The third-order valence-electron chi connectivity index (χ3n) is 3.84. The summed E-state index contributed by atoms with van der Waals surface area (Å²) in [6.45, 7) is -0.434. The Kier molecular flexibility index (Phi) is 3.00. The van der Waals surface area contributed by atoms with E-state index in [9.17, 15) is 24.9 Å². The zero-order chi connectivity index (χ0) is 15.4. The van der Waals surface area contributed by atoms with Gasteiger partial charge in [0.25, 0.3) is 5.56 Å². The van der Waals surface area contributed by atoms with Crippen LogP contribution < -0.4 is 22.3 Å². The minimum Gasteiger partial charge on any atom is -0.395 e. The van der Waals surface area contributed by atoms with Crippen LogP contribution in [0.25, 0.3) is 11.0 Å². The molecule has 0 aliphatic carbocycles. The lowest BCUT2D eigenvalue weighted by Crippen LogP contribution is -2.55. The van der Waals surface area contributed by atoms with Gasteiger partial charge in [-0.3, -0.25) is 15.1 Å². The first-order valence-corrected chi connectivity index (χ1v) is 6.26. The monoisotopic (exact) mass is 297 g/mol. The molecule has 10 nitrogen and oxygen atoms in total.